The maximum atomic E-state index is 13.0. The van der Waals surface area contributed by atoms with Gasteiger partial charge in [-0.2, -0.15) is 0 Å². The van der Waals surface area contributed by atoms with E-state index in [0.717, 1.165) is 44.3 Å². The largest absolute Gasteiger partial charge is 0.486 e. The summed E-state index contributed by atoms with van der Waals surface area (Å²) in [5.41, 5.74) is 0.829. The smallest absolute Gasteiger partial charge is 0.227 e. The Labute approximate surface area is 164 Å². The van der Waals surface area contributed by atoms with Gasteiger partial charge in [0, 0.05) is 32.1 Å². The van der Waals surface area contributed by atoms with E-state index in [1.165, 1.54) is 0 Å². The Balaban J connectivity index is 1.46. The number of likely N-dealkylation sites (tertiary alicyclic amines) is 2. The first-order chi connectivity index (χ1) is 13.1. The second-order valence-electron chi connectivity index (χ2n) is 7.46. The molecular weight excluding hydrogens is 368 g/mol. The molecule has 0 N–H and O–H groups in total. The van der Waals surface area contributed by atoms with Crippen molar-refractivity contribution in [3.05, 3.63) is 22.7 Å². The number of carbonyl (C=O) groups excluding carboxylic acids is 2. The standard InChI is InChI=1S/C20H25ClN2O4/c21-16-10-14(11-17-20(16)27-9-8-26-17)12-19(25)23-7-2-1-4-15(23)13-22-6-3-5-18(22)24/h10-11,15H,1-9,12-13H2/t15-/m1/s1. The van der Waals surface area contributed by atoms with Crippen molar-refractivity contribution in [2.75, 3.05) is 32.8 Å². The summed E-state index contributed by atoms with van der Waals surface area (Å²) in [6.07, 6.45) is 4.91. The van der Waals surface area contributed by atoms with Crippen LogP contribution in [0.3, 0.4) is 0 Å². The van der Waals surface area contributed by atoms with Gasteiger partial charge in [0.15, 0.2) is 11.5 Å². The monoisotopic (exact) mass is 392 g/mol. The molecule has 1 aromatic rings. The van der Waals surface area contributed by atoms with Crippen LogP contribution in [0.4, 0.5) is 0 Å². The number of hydrogen-bond donors (Lipinski definition) is 0. The first kappa shape index (κ1) is 18.4. The van der Waals surface area contributed by atoms with E-state index >= 15 is 0 Å². The van der Waals surface area contributed by atoms with E-state index in [9.17, 15) is 9.59 Å². The van der Waals surface area contributed by atoms with Crippen LogP contribution in [0.25, 0.3) is 0 Å². The zero-order chi connectivity index (χ0) is 18.8. The minimum absolute atomic E-state index is 0.0825. The topological polar surface area (TPSA) is 59.1 Å². The predicted molar refractivity (Wildman–Crippen MR) is 101 cm³/mol. The van der Waals surface area contributed by atoms with E-state index in [1.54, 1.807) is 6.07 Å². The number of halogens is 1. The molecule has 0 spiro atoms. The number of amides is 2. The zero-order valence-electron chi connectivity index (χ0n) is 15.4. The summed E-state index contributed by atoms with van der Waals surface area (Å²) in [7, 11) is 0. The van der Waals surface area contributed by atoms with Crippen LogP contribution in [0.2, 0.25) is 5.02 Å². The molecule has 0 unspecified atom stereocenters. The number of fused-ring (bicyclic) bond motifs is 1. The van der Waals surface area contributed by atoms with Gasteiger partial charge < -0.3 is 19.3 Å². The highest BCUT2D eigenvalue weighted by Crippen LogP contribution is 2.38. The van der Waals surface area contributed by atoms with Gasteiger partial charge in [0.25, 0.3) is 0 Å². The lowest BCUT2D eigenvalue weighted by molar-refractivity contribution is -0.137. The molecule has 0 aromatic heterocycles. The molecule has 2 amide bonds. The fraction of sp³-hybridized carbons (Fsp3) is 0.600. The number of benzene rings is 1. The molecule has 1 atom stereocenters. The molecule has 3 heterocycles. The summed E-state index contributed by atoms with van der Waals surface area (Å²) in [6, 6.07) is 3.75. The number of hydrogen-bond acceptors (Lipinski definition) is 4. The molecule has 3 aliphatic heterocycles. The third kappa shape index (κ3) is 4.00. The second kappa shape index (κ2) is 7.97. The molecule has 0 bridgehead atoms. The van der Waals surface area contributed by atoms with Gasteiger partial charge in [-0.15, -0.1) is 0 Å². The maximum Gasteiger partial charge on any atom is 0.227 e. The van der Waals surface area contributed by atoms with Crippen molar-refractivity contribution in [3.8, 4) is 11.5 Å². The van der Waals surface area contributed by atoms with Crippen molar-refractivity contribution in [2.24, 2.45) is 0 Å². The van der Waals surface area contributed by atoms with E-state index in [4.69, 9.17) is 21.1 Å². The van der Waals surface area contributed by atoms with Gasteiger partial charge in [0.05, 0.1) is 11.4 Å². The molecule has 2 fully saturated rings. The van der Waals surface area contributed by atoms with Crippen LogP contribution < -0.4 is 9.47 Å². The van der Waals surface area contributed by atoms with E-state index in [1.807, 2.05) is 15.9 Å². The van der Waals surface area contributed by atoms with Gasteiger partial charge in [-0.05, 0) is 43.4 Å². The molecule has 3 aliphatic rings. The lowest BCUT2D eigenvalue weighted by atomic mass is 10.00. The molecule has 7 heteroatoms. The summed E-state index contributed by atoms with van der Waals surface area (Å²) in [6.45, 7) is 3.19. The maximum absolute atomic E-state index is 13.0. The van der Waals surface area contributed by atoms with Crippen LogP contribution >= 0.6 is 11.6 Å². The average Bonchev–Trinajstić information content (AvgIpc) is 3.07. The summed E-state index contributed by atoms with van der Waals surface area (Å²) >= 11 is 6.30. The van der Waals surface area contributed by atoms with Gasteiger partial charge >= 0.3 is 0 Å². The molecule has 6 nitrogen and oxygen atoms in total. The SMILES string of the molecule is O=C1CCCN1C[C@H]1CCCCN1C(=O)Cc1cc(Cl)c2c(c1)OCCO2. The molecule has 4 rings (SSSR count). The van der Waals surface area contributed by atoms with Crippen molar-refractivity contribution >= 4 is 23.4 Å². The van der Waals surface area contributed by atoms with Gasteiger partial charge in [0.2, 0.25) is 11.8 Å². The second-order valence-corrected chi connectivity index (χ2v) is 7.87. The Morgan fingerprint density at radius 2 is 2.00 bits per heavy atom. The average molecular weight is 393 g/mol. The number of carbonyl (C=O) groups is 2. The van der Waals surface area contributed by atoms with Crippen LogP contribution in [0.1, 0.15) is 37.7 Å². The molecule has 0 aliphatic carbocycles. The van der Waals surface area contributed by atoms with Crippen LogP contribution in [0.5, 0.6) is 11.5 Å². The van der Waals surface area contributed by atoms with Crippen molar-refractivity contribution in [1.29, 1.82) is 0 Å². The van der Waals surface area contributed by atoms with E-state index in [0.29, 0.717) is 42.7 Å². The zero-order valence-corrected chi connectivity index (χ0v) is 16.2. The fourth-order valence-corrected chi connectivity index (χ4v) is 4.50. The molecule has 146 valence electrons. The van der Waals surface area contributed by atoms with Gasteiger partial charge in [0.1, 0.15) is 13.2 Å². The lowest BCUT2D eigenvalue weighted by Crippen LogP contribution is -2.50. The van der Waals surface area contributed by atoms with Crippen molar-refractivity contribution in [3.63, 3.8) is 0 Å². The molecule has 1 aromatic carbocycles. The minimum atomic E-state index is 0.0825. The normalized spacial score (nSPS) is 22.3. The van der Waals surface area contributed by atoms with Crippen LogP contribution in [0, 0.1) is 0 Å². The summed E-state index contributed by atoms with van der Waals surface area (Å²) < 4.78 is 11.2. The summed E-state index contributed by atoms with van der Waals surface area (Å²) in [5, 5.41) is 0.479. The lowest BCUT2D eigenvalue weighted by Gasteiger charge is -2.38. The molecular formula is C20H25ClN2O4. The van der Waals surface area contributed by atoms with Crippen LogP contribution in [0.15, 0.2) is 12.1 Å². The number of nitrogens with zero attached hydrogens (tertiary/aromatic N) is 2. The third-order valence-electron chi connectivity index (χ3n) is 5.56. The Morgan fingerprint density at radius 3 is 2.81 bits per heavy atom. The molecule has 0 radical (unpaired) electrons. The van der Waals surface area contributed by atoms with E-state index in [-0.39, 0.29) is 24.3 Å². The first-order valence-corrected chi connectivity index (χ1v) is 10.1. The van der Waals surface area contributed by atoms with E-state index in [2.05, 4.69) is 0 Å². The molecule has 27 heavy (non-hydrogen) atoms. The van der Waals surface area contributed by atoms with Crippen molar-refractivity contribution in [2.45, 2.75) is 44.6 Å². The summed E-state index contributed by atoms with van der Waals surface area (Å²) in [4.78, 5) is 28.9. The van der Waals surface area contributed by atoms with E-state index < -0.39 is 0 Å². The predicted octanol–water partition coefficient (Wildman–Crippen LogP) is 2.66. The van der Waals surface area contributed by atoms with Gasteiger partial charge in [-0.25, -0.2) is 0 Å². The molecule has 2 saturated heterocycles. The first-order valence-electron chi connectivity index (χ1n) is 9.77. The van der Waals surface area contributed by atoms with Crippen molar-refractivity contribution < 1.29 is 19.1 Å². The number of piperidine rings is 1. The fourth-order valence-electron chi connectivity index (χ4n) is 4.21. The van der Waals surface area contributed by atoms with Gasteiger partial charge in [-0.1, -0.05) is 11.6 Å². The highest BCUT2D eigenvalue weighted by Gasteiger charge is 2.31. The number of rotatable bonds is 4. The van der Waals surface area contributed by atoms with Crippen molar-refractivity contribution in [1.82, 2.24) is 9.80 Å². The minimum Gasteiger partial charge on any atom is -0.486 e. The molecule has 0 saturated carbocycles. The number of ether oxygens (including phenoxy) is 2. The van der Waals surface area contributed by atoms with Crippen LogP contribution in [-0.4, -0.2) is 60.5 Å². The Hall–Kier alpha value is -1.95. The Kier molecular flexibility index (Phi) is 5.43. The van der Waals surface area contributed by atoms with Crippen LogP contribution in [-0.2, 0) is 16.0 Å². The highest BCUT2D eigenvalue weighted by atomic mass is 35.5. The highest BCUT2D eigenvalue weighted by molar-refractivity contribution is 6.32. The summed E-state index contributed by atoms with van der Waals surface area (Å²) in [5.74, 6) is 1.46. The van der Waals surface area contributed by atoms with Gasteiger partial charge in [-0.3, -0.25) is 9.59 Å². The Morgan fingerprint density at radius 1 is 1.15 bits per heavy atom. The third-order valence-corrected chi connectivity index (χ3v) is 5.84. The Bertz CT molecular complexity index is 739. The quantitative estimate of drug-likeness (QED) is 0.790.